The van der Waals surface area contributed by atoms with E-state index in [0.29, 0.717) is 38.3 Å². The lowest BCUT2D eigenvalue weighted by molar-refractivity contribution is -0.124. The number of fused-ring (bicyclic) bond motifs is 1. The van der Waals surface area contributed by atoms with Crippen molar-refractivity contribution in [3.63, 3.8) is 0 Å². The monoisotopic (exact) mass is 468 g/mol. The summed E-state index contributed by atoms with van der Waals surface area (Å²) in [6, 6.07) is 18.8. The fourth-order valence-corrected chi connectivity index (χ4v) is 3.44. The van der Waals surface area contributed by atoms with E-state index >= 15 is 0 Å². The lowest BCUT2D eigenvalue weighted by Crippen LogP contribution is -2.32. The second-order valence-electron chi connectivity index (χ2n) is 6.95. The summed E-state index contributed by atoms with van der Waals surface area (Å²) < 4.78 is 11.3. The molecule has 0 aliphatic carbocycles. The van der Waals surface area contributed by atoms with Gasteiger partial charge >= 0.3 is 5.97 Å². The molecule has 1 aromatic heterocycles. The lowest BCUT2D eigenvalue weighted by Gasteiger charge is -2.17. The second kappa shape index (κ2) is 9.42. The molecule has 162 valence electrons. The Balaban J connectivity index is 1.55. The number of carbonyl (C=O) groups is 2. The van der Waals surface area contributed by atoms with Crippen LogP contribution in [0.1, 0.15) is 23.7 Å². The molecule has 4 rings (SSSR count). The van der Waals surface area contributed by atoms with E-state index in [2.05, 4.69) is 10.3 Å². The predicted octanol–water partition coefficient (Wildman–Crippen LogP) is 6.38. The van der Waals surface area contributed by atoms with Crippen LogP contribution >= 0.6 is 23.2 Å². The number of halogens is 2. The normalized spacial score (nSPS) is 11.8. The number of ether oxygens (including phenoxy) is 1. The summed E-state index contributed by atoms with van der Waals surface area (Å²) in [5.74, 6) is -0.829. The van der Waals surface area contributed by atoms with Crippen LogP contribution in [0.2, 0.25) is 10.0 Å². The first-order valence-electron chi connectivity index (χ1n) is 9.88. The molecular formula is C24H18Cl2N2O4. The Morgan fingerprint density at radius 1 is 1.03 bits per heavy atom. The lowest BCUT2D eigenvalue weighted by atomic mass is 10.1. The first-order chi connectivity index (χ1) is 15.5. The first kappa shape index (κ1) is 21.9. The van der Waals surface area contributed by atoms with Gasteiger partial charge in [0.25, 0.3) is 5.91 Å². The highest BCUT2D eigenvalue weighted by Crippen LogP contribution is 2.28. The third kappa shape index (κ3) is 4.61. The average molecular weight is 469 g/mol. The maximum atomic E-state index is 13.0. The van der Waals surface area contributed by atoms with Crippen molar-refractivity contribution < 1.29 is 18.7 Å². The van der Waals surface area contributed by atoms with Gasteiger partial charge in [-0.15, -0.1) is 0 Å². The van der Waals surface area contributed by atoms with Crippen LogP contribution in [0.5, 0.6) is 0 Å². The van der Waals surface area contributed by atoms with Gasteiger partial charge in [0.05, 0.1) is 21.2 Å². The fraction of sp³-hybridized carbons (Fsp3) is 0.125. The fourth-order valence-electron chi connectivity index (χ4n) is 3.15. The standard InChI is InChI=1S/C24H18Cl2N2O4/c1-2-20(22(29)27-14-11-12-17(25)18(26)13-14)32-24(30)16-8-4-3-7-15(16)23-28-19-9-5-6-10-21(19)31-23/h3-13,20H,2H2,1H3,(H,27,29). The van der Waals surface area contributed by atoms with Crippen LogP contribution in [0.15, 0.2) is 71.1 Å². The Hall–Kier alpha value is -3.35. The molecule has 1 heterocycles. The Kier molecular flexibility index (Phi) is 6.44. The number of nitrogens with one attached hydrogen (secondary N) is 1. The predicted molar refractivity (Wildman–Crippen MR) is 124 cm³/mol. The molecule has 4 aromatic rings. The summed E-state index contributed by atoms with van der Waals surface area (Å²) in [7, 11) is 0. The smallest absolute Gasteiger partial charge is 0.339 e. The van der Waals surface area contributed by atoms with Crippen molar-refractivity contribution in [1.82, 2.24) is 4.98 Å². The van der Waals surface area contributed by atoms with Crippen molar-refractivity contribution in [2.45, 2.75) is 19.4 Å². The second-order valence-corrected chi connectivity index (χ2v) is 7.77. The first-order valence-corrected chi connectivity index (χ1v) is 10.6. The molecular weight excluding hydrogens is 451 g/mol. The van der Waals surface area contributed by atoms with E-state index < -0.39 is 18.0 Å². The van der Waals surface area contributed by atoms with Crippen molar-refractivity contribution in [2.75, 3.05) is 5.32 Å². The number of rotatable bonds is 6. The van der Waals surface area contributed by atoms with E-state index in [0.717, 1.165) is 0 Å². The van der Waals surface area contributed by atoms with E-state index in [1.165, 1.54) is 6.07 Å². The van der Waals surface area contributed by atoms with Gasteiger partial charge in [0.2, 0.25) is 5.89 Å². The van der Waals surface area contributed by atoms with E-state index in [9.17, 15) is 9.59 Å². The summed E-state index contributed by atoms with van der Waals surface area (Å²) >= 11 is 11.9. The number of esters is 1. The van der Waals surface area contributed by atoms with Crippen LogP contribution < -0.4 is 5.32 Å². The number of para-hydroxylation sites is 2. The molecule has 1 unspecified atom stereocenters. The molecule has 1 N–H and O–H groups in total. The van der Waals surface area contributed by atoms with Crippen LogP contribution in [0, 0.1) is 0 Å². The molecule has 0 bridgehead atoms. The molecule has 0 fully saturated rings. The quantitative estimate of drug-likeness (QED) is 0.332. The number of carbonyl (C=O) groups excluding carboxylic acids is 2. The highest BCUT2D eigenvalue weighted by molar-refractivity contribution is 6.42. The van der Waals surface area contributed by atoms with Gasteiger partial charge in [-0.05, 0) is 48.9 Å². The number of anilines is 1. The molecule has 8 heteroatoms. The van der Waals surface area contributed by atoms with E-state index in [1.54, 1.807) is 49.4 Å². The number of benzene rings is 3. The Labute approximate surface area is 194 Å². The zero-order valence-corrected chi connectivity index (χ0v) is 18.5. The minimum absolute atomic E-state index is 0.250. The zero-order valence-electron chi connectivity index (χ0n) is 17.0. The molecule has 1 amide bonds. The van der Waals surface area contributed by atoms with Crippen molar-refractivity contribution in [1.29, 1.82) is 0 Å². The molecule has 0 aliphatic rings. The van der Waals surface area contributed by atoms with Crippen molar-refractivity contribution >= 4 is 51.9 Å². The molecule has 3 aromatic carbocycles. The molecule has 6 nitrogen and oxygen atoms in total. The third-order valence-electron chi connectivity index (χ3n) is 4.77. The van der Waals surface area contributed by atoms with Gasteiger partial charge in [0, 0.05) is 5.69 Å². The van der Waals surface area contributed by atoms with Crippen LogP contribution in [-0.4, -0.2) is 23.0 Å². The minimum Gasteiger partial charge on any atom is -0.449 e. The van der Waals surface area contributed by atoms with Gasteiger partial charge < -0.3 is 14.5 Å². The summed E-state index contributed by atoms with van der Waals surface area (Å²) in [6.07, 6.45) is -0.724. The summed E-state index contributed by atoms with van der Waals surface area (Å²) in [6.45, 7) is 1.75. The largest absolute Gasteiger partial charge is 0.449 e. The highest BCUT2D eigenvalue weighted by Gasteiger charge is 2.25. The number of hydrogen-bond donors (Lipinski definition) is 1. The van der Waals surface area contributed by atoms with Crippen LogP contribution in [0.3, 0.4) is 0 Å². The maximum absolute atomic E-state index is 13.0. The van der Waals surface area contributed by atoms with Crippen molar-refractivity contribution in [3.8, 4) is 11.5 Å². The molecule has 0 saturated carbocycles. The SMILES string of the molecule is CCC(OC(=O)c1ccccc1-c1nc2ccccc2o1)C(=O)Nc1ccc(Cl)c(Cl)c1. The van der Waals surface area contributed by atoms with E-state index in [4.69, 9.17) is 32.4 Å². The number of oxazole rings is 1. The van der Waals surface area contributed by atoms with Gasteiger partial charge in [-0.25, -0.2) is 9.78 Å². The molecule has 0 spiro atoms. The Morgan fingerprint density at radius 3 is 2.53 bits per heavy atom. The van der Waals surface area contributed by atoms with E-state index in [1.807, 2.05) is 18.2 Å². The molecule has 1 atom stereocenters. The summed E-state index contributed by atoms with van der Waals surface area (Å²) in [4.78, 5) is 30.1. The van der Waals surface area contributed by atoms with Crippen molar-refractivity contribution in [2.24, 2.45) is 0 Å². The number of aromatic nitrogens is 1. The number of amides is 1. The number of nitrogens with zero attached hydrogens (tertiary/aromatic N) is 1. The highest BCUT2D eigenvalue weighted by atomic mass is 35.5. The van der Waals surface area contributed by atoms with Crippen molar-refractivity contribution in [3.05, 3.63) is 82.3 Å². The van der Waals surface area contributed by atoms with Gasteiger partial charge in [-0.3, -0.25) is 4.79 Å². The Morgan fingerprint density at radius 2 is 1.78 bits per heavy atom. The third-order valence-corrected chi connectivity index (χ3v) is 5.51. The average Bonchev–Trinajstić information content (AvgIpc) is 3.24. The minimum atomic E-state index is -1.01. The van der Waals surface area contributed by atoms with Gasteiger partial charge in [-0.2, -0.15) is 0 Å². The molecule has 0 saturated heterocycles. The van der Waals surface area contributed by atoms with Gasteiger partial charge in [0.15, 0.2) is 11.7 Å². The molecule has 0 aliphatic heterocycles. The molecule has 32 heavy (non-hydrogen) atoms. The van der Waals surface area contributed by atoms with Crippen LogP contribution in [-0.2, 0) is 9.53 Å². The number of hydrogen-bond acceptors (Lipinski definition) is 5. The van der Waals surface area contributed by atoms with Crippen LogP contribution in [0.25, 0.3) is 22.6 Å². The molecule has 0 radical (unpaired) electrons. The van der Waals surface area contributed by atoms with Crippen LogP contribution in [0.4, 0.5) is 5.69 Å². The topological polar surface area (TPSA) is 81.4 Å². The zero-order chi connectivity index (χ0) is 22.7. The van der Waals surface area contributed by atoms with Gasteiger partial charge in [-0.1, -0.05) is 54.4 Å². The van der Waals surface area contributed by atoms with Gasteiger partial charge in [0.1, 0.15) is 5.52 Å². The Bertz CT molecular complexity index is 1270. The maximum Gasteiger partial charge on any atom is 0.339 e. The summed E-state index contributed by atoms with van der Waals surface area (Å²) in [5.41, 5.74) is 2.47. The van der Waals surface area contributed by atoms with E-state index in [-0.39, 0.29) is 12.0 Å². The summed E-state index contributed by atoms with van der Waals surface area (Å²) in [5, 5.41) is 3.37.